The largest absolute Gasteiger partial charge is 0.505 e. The molecule has 1 amide bonds. The van der Waals surface area contributed by atoms with Crippen LogP contribution in [0.3, 0.4) is 0 Å². The van der Waals surface area contributed by atoms with Crippen molar-refractivity contribution in [3.63, 3.8) is 0 Å². The van der Waals surface area contributed by atoms with E-state index in [4.69, 9.17) is 0 Å². The van der Waals surface area contributed by atoms with E-state index in [0.29, 0.717) is 6.04 Å². The van der Waals surface area contributed by atoms with Gasteiger partial charge in [0.1, 0.15) is 5.75 Å². The Morgan fingerprint density at radius 2 is 2.33 bits per heavy atom. The fraction of sp³-hybridized carbons (Fsp3) is 0.538. The van der Waals surface area contributed by atoms with Crippen LogP contribution in [0, 0.1) is 0 Å². The first-order chi connectivity index (χ1) is 8.75. The fourth-order valence-corrected chi connectivity index (χ4v) is 3.06. The number of nitrogens with zero attached hydrogens (tertiary/aromatic N) is 2. The first-order valence-corrected chi connectivity index (χ1v) is 6.44. The number of aromatic nitrogens is 1. The molecule has 5 nitrogen and oxygen atoms in total. The molecule has 0 aromatic carbocycles. The maximum Gasteiger partial charge on any atom is 0.274 e. The summed E-state index contributed by atoms with van der Waals surface area (Å²) in [4.78, 5) is 18.4. The Labute approximate surface area is 106 Å². The van der Waals surface area contributed by atoms with Crippen molar-refractivity contribution >= 4 is 5.91 Å². The van der Waals surface area contributed by atoms with Crippen LogP contribution in [0.4, 0.5) is 0 Å². The second-order valence-corrected chi connectivity index (χ2v) is 4.99. The number of carbonyl (C=O) groups excluding carboxylic acids is 1. The topological polar surface area (TPSA) is 65.5 Å². The average molecular weight is 247 g/mol. The molecule has 96 valence electrons. The number of rotatable bonds is 2. The van der Waals surface area contributed by atoms with Gasteiger partial charge in [0.05, 0.1) is 0 Å². The van der Waals surface area contributed by atoms with Crippen molar-refractivity contribution < 1.29 is 9.90 Å². The number of amides is 1. The van der Waals surface area contributed by atoms with E-state index in [1.165, 1.54) is 18.7 Å². The van der Waals surface area contributed by atoms with Crippen molar-refractivity contribution in [2.45, 2.75) is 31.3 Å². The molecule has 0 saturated carbocycles. The zero-order chi connectivity index (χ0) is 12.5. The molecule has 0 radical (unpaired) electrons. The maximum absolute atomic E-state index is 12.1. The van der Waals surface area contributed by atoms with Gasteiger partial charge in [0.15, 0.2) is 5.69 Å². The highest BCUT2D eigenvalue weighted by atomic mass is 16.3. The van der Waals surface area contributed by atoms with Gasteiger partial charge in [0.2, 0.25) is 0 Å². The molecule has 2 saturated heterocycles. The van der Waals surface area contributed by atoms with Crippen molar-refractivity contribution in [1.82, 2.24) is 15.2 Å². The lowest BCUT2D eigenvalue weighted by Crippen LogP contribution is -2.42. The molecule has 2 atom stereocenters. The molecular formula is C13H17N3O2. The Morgan fingerprint density at radius 3 is 3.17 bits per heavy atom. The minimum atomic E-state index is -0.271. The summed E-state index contributed by atoms with van der Waals surface area (Å²) in [7, 11) is 0. The Kier molecular flexibility index (Phi) is 2.91. The number of aromatic hydroxyl groups is 1. The summed E-state index contributed by atoms with van der Waals surface area (Å²) in [6.45, 7) is 2.20. The lowest BCUT2D eigenvalue weighted by Gasteiger charge is -2.21. The third-order valence-electron chi connectivity index (χ3n) is 3.92. The minimum Gasteiger partial charge on any atom is -0.505 e. The van der Waals surface area contributed by atoms with Crippen molar-refractivity contribution in [2.75, 3.05) is 13.1 Å². The Bertz CT molecular complexity index is 463. The number of hydrogen-bond acceptors (Lipinski definition) is 4. The molecule has 2 N–H and O–H groups in total. The van der Waals surface area contributed by atoms with E-state index in [1.54, 1.807) is 6.07 Å². The Hall–Kier alpha value is -1.62. The van der Waals surface area contributed by atoms with Gasteiger partial charge in [-0.3, -0.25) is 9.69 Å². The lowest BCUT2D eigenvalue weighted by molar-refractivity contribution is 0.0921. The van der Waals surface area contributed by atoms with E-state index in [9.17, 15) is 9.90 Å². The maximum atomic E-state index is 12.1. The summed E-state index contributed by atoms with van der Waals surface area (Å²) < 4.78 is 0. The fourth-order valence-electron chi connectivity index (χ4n) is 3.06. The molecular weight excluding hydrogens is 230 g/mol. The van der Waals surface area contributed by atoms with E-state index in [1.807, 2.05) is 0 Å². The molecule has 2 fully saturated rings. The number of hydrogen-bond donors (Lipinski definition) is 2. The molecule has 2 aliphatic heterocycles. The molecule has 5 heteroatoms. The smallest absolute Gasteiger partial charge is 0.274 e. The summed E-state index contributed by atoms with van der Waals surface area (Å²) in [6.07, 6.45) is 4.88. The van der Waals surface area contributed by atoms with Crippen LogP contribution in [0.2, 0.25) is 0 Å². The van der Waals surface area contributed by atoms with Crippen LogP contribution in [0.25, 0.3) is 0 Å². The van der Waals surface area contributed by atoms with Crippen LogP contribution in [-0.2, 0) is 0 Å². The molecule has 2 unspecified atom stereocenters. The van der Waals surface area contributed by atoms with Crippen molar-refractivity contribution in [2.24, 2.45) is 0 Å². The van der Waals surface area contributed by atoms with Gasteiger partial charge in [-0.1, -0.05) is 0 Å². The number of carbonyl (C=O) groups is 1. The zero-order valence-electron chi connectivity index (χ0n) is 10.2. The van der Waals surface area contributed by atoms with E-state index in [2.05, 4.69) is 15.2 Å². The van der Waals surface area contributed by atoms with Gasteiger partial charge in [-0.2, -0.15) is 0 Å². The molecule has 1 aromatic rings. The summed E-state index contributed by atoms with van der Waals surface area (Å²) in [6, 6.07) is 3.76. The van der Waals surface area contributed by atoms with Gasteiger partial charge in [0, 0.05) is 24.8 Å². The summed E-state index contributed by atoms with van der Waals surface area (Å²) in [5, 5.41) is 12.6. The van der Waals surface area contributed by atoms with E-state index in [0.717, 1.165) is 25.9 Å². The predicted molar refractivity (Wildman–Crippen MR) is 66.4 cm³/mol. The summed E-state index contributed by atoms with van der Waals surface area (Å²) >= 11 is 0. The van der Waals surface area contributed by atoms with Crippen LogP contribution in [0.1, 0.15) is 29.8 Å². The quantitative estimate of drug-likeness (QED) is 0.809. The Balaban J connectivity index is 1.70. The van der Waals surface area contributed by atoms with Crippen LogP contribution in [0.15, 0.2) is 18.3 Å². The van der Waals surface area contributed by atoms with E-state index < -0.39 is 0 Å². The normalized spacial score (nSPS) is 27.1. The van der Waals surface area contributed by atoms with Crippen molar-refractivity contribution in [3.05, 3.63) is 24.0 Å². The molecule has 0 aliphatic carbocycles. The SMILES string of the molecule is O=C(NC1CCN2CCCC12)c1ncccc1O. The predicted octanol–water partition coefficient (Wildman–Crippen LogP) is 0.754. The molecule has 18 heavy (non-hydrogen) atoms. The van der Waals surface area contributed by atoms with Gasteiger partial charge in [-0.05, 0) is 37.9 Å². The Morgan fingerprint density at radius 1 is 1.44 bits per heavy atom. The third-order valence-corrected chi connectivity index (χ3v) is 3.92. The monoisotopic (exact) mass is 247 g/mol. The molecule has 2 aliphatic rings. The van der Waals surface area contributed by atoms with Crippen molar-refractivity contribution in [1.29, 1.82) is 0 Å². The van der Waals surface area contributed by atoms with Gasteiger partial charge in [-0.25, -0.2) is 4.98 Å². The highest BCUT2D eigenvalue weighted by Crippen LogP contribution is 2.28. The molecule has 0 bridgehead atoms. The minimum absolute atomic E-state index is 0.0590. The summed E-state index contributed by atoms with van der Waals surface area (Å²) in [5.41, 5.74) is 0.119. The van der Waals surface area contributed by atoms with Crippen LogP contribution < -0.4 is 5.32 Å². The second-order valence-electron chi connectivity index (χ2n) is 4.99. The van der Waals surface area contributed by atoms with Crippen molar-refractivity contribution in [3.8, 4) is 5.75 Å². The second kappa shape index (κ2) is 4.57. The average Bonchev–Trinajstić information content (AvgIpc) is 2.94. The highest BCUT2D eigenvalue weighted by Gasteiger charge is 2.38. The summed E-state index contributed by atoms with van der Waals surface area (Å²) in [5.74, 6) is -0.330. The van der Waals surface area contributed by atoms with Gasteiger partial charge in [-0.15, -0.1) is 0 Å². The first-order valence-electron chi connectivity index (χ1n) is 6.44. The van der Waals surface area contributed by atoms with Gasteiger partial charge in [0.25, 0.3) is 5.91 Å². The van der Waals surface area contributed by atoms with E-state index in [-0.39, 0.29) is 23.4 Å². The standard InChI is InChI=1S/C13H17N3O2/c17-11-4-1-6-14-12(11)13(18)15-9-5-8-16-7-2-3-10(9)16/h1,4,6,9-10,17H,2-3,5,7-8H2,(H,15,18). The van der Waals surface area contributed by atoms with Crippen LogP contribution in [-0.4, -0.2) is 46.1 Å². The lowest BCUT2D eigenvalue weighted by atomic mass is 10.1. The van der Waals surface area contributed by atoms with Gasteiger partial charge < -0.3 is 10.4 Å². The van der Waals surface area contributed by atoms with E-state index >= 15 is 0 Å². The molecule has 1 aromatic heterocycles. The molecule has 3 heterocycles. The first kappa shape index (κ1) is 11.5. The van der Waals surface area contributed by atoms with Gasteiger partial charge >= 0.3 is 0 Å². The van der Waals surface area contributed by atoms with Crippen LogP contribution >= 0.6 is 0 Å². The zero-order valence-corrected chi connectivity index (χ0v) is 10.2. The third kappa shape index (κ3) is 1.95. The molecule has 3 rings (SSSR count). The van der Waals surface area contributed by atoms with Crippen LogP contribution in [0.5, 0.6) is 5.75 Å². The number of fused-ring (bicyclic) bond motifs is 1. The number of nitrogens with one attached hydrogen (secondary N) is 1. The number of pyridine rings is 1. The molecule has 0 spiro atoms. The highest BCUT2D eigenvalue weighted by molar-refractivity contribution is 5.94.